The Kier molecular flexibility index (Phi) is 8.46. The Morgan fingerprint density at radius 2 is 1.79 bits per heavy atom. The molecule has 0 saturated heterocycles. The number of anilines is 2. The van der Waals surface area contributed by atoms with Gasteiger partial charge in [0.15, 0.2) is 5.82 Å². The molecule has 0 fully saturated rings. The van der Waals surface area contributed by atoms with Crippen molar-refractivity contribution in [2.45, 2.75) is 45.5 Å². The van der Waals surface area contributed by atoms with Gasteiger partial charge >= 0.3 is 6.09 Å². The predicted octanol–water partition coefficient (Wildman–Crippen LogP) is 3.60. The summed E-state index contributed by atoms with van der Waals surface area (Å²) in [7, 11) is -3.92. The van der Waals surface area contributed by atoms with E-state index < -0.39 is 33.2 Å². The second kappa shape index (κ2) is 11.4. The van der Waals surface area contributed by atoms with E-state index >= 15 is 0 Å². The predicted molar refractivity (Wildman–Crippen MR) is 145 cm³/mol. The van der Waals surface area contributed by atoms with Gasteiger partial charge in [0.2, 0.25) is 15.9 Å². The van der Waals surface area contributed by atoms with E-state index in [4.69, 9.17) is 4.74 Å². The van der Waals surface area contributed by atoms with Crippen LogP contribution in [0.1, 0.15) is 37.6 Å². The summed E-state index contributed by atoms with van der Waals surface area (Å²) in [6.45, 7) is 9.93. The van der Waals surface area contributed by atoms with Gasteiger partial charge in [-0.1, -0.05) is 30.3 Å². The average Bonchev–Trinajstić information content (AvgIpc) is 2.81. The van der Waals surface area contributed by atoms with Crippen LogP contribution in [0, 0.1) is 6.92 Å². The summed E-state index contributed by atoms with van der Waals surface area (Å²) in [5.41, 5.74) is -0.263. The zero-order valence-corrected chi connectivity index (χ0v) is 22.3. The van der Waals surface area contributed by atoms with Gasteiger partial charge in [0, 0.05) is 11.9 Å². The number of rotatable bonds is 8. The first-order valence-electron chi connectivity index (χ1n) is 11.5. The number of nitrogens with zero attached hydrogens (tertiary/aromatic N) is 3. The molecule has 0 aliphatic heterocycles. The number of aromatic nitrogens is 2. The minimum atomic E-state index is -3.92. The van der Waals surface area contributed by atoms with E-state index in [0.29, 0.717) is 16.8 Å². The van der Waals surface area contributed by atoms with Crippen molar-refractivity contribution in [3.63, 3.8) is 0 Å². The smallest absolute Gasteiger partial charge is 0.412 e. The van der Waals surface area contributed by atoms with Crippen LogP contribution in [-0.2, 0) is 31.7 Å². The molecule has 0 atom stereocenters. The summed E-state index contributed by atoms with van der Waals surface area (Å²) in [5.74, 6) is -0.825. The third-order valence-corrected chi connectivity index (χ3v) is 6.34. The standard InChI is InChI=1S/C26H29N5O6S/c1-17-19(15-22(32)27-5)14-21(29-25(34)37-26(2,3)4)23(28-17)31-13-9-12-20(24(31)33)30-38(35,36)16-18-10-7-6-8-11-18/h6-14,30H,5,15-16H2,1-4H3,(H,29,34). The fraction of sp³-hybridized carbons (Fsp3) is 0.269. The lowest BCUT2D eigenvalue weighted by Gasteiger charge is -2.21. The second-order valence-electron chi connectivity index (χ2n) is 9.40. The van der Waals surface area contributed by atoms with Crippen LogP contribution in [0.2, 0.25) is 0 Å². The first kappa shape index (κ1) is 28.3. The lowest BCUT2D eigenvalue weighted by atomic mass is 10.1. The molecule has 2 N–H and O–H groups in total. The van der Waals surface area contributed by atoms with Crippen LogP contribution in [-0.4, -0.2) is 42.3 Å². The fourth-order valence-corrected chi connectivity index (χ4v) is 4.65. The third-order valence-electron chi connectivity index (χ3n) is 5.09. The number of carbonyl (C=O) groups is 2. The molecule has 11 nitrogen and oxygen atoms in total. The van der Waals surface area contributed by atoms with Crippen molar-refractivity contribution in [3.05, 3.63) is 81.9 Å². The number of amides is 2. The average molecular weight is 540 g/mol. The molecule has 0 saturated carbocycles. The van der Waals surface area contributed by atoms with Crippen molar-refractivity contribution in [2.75, 3.05) is 10.0 Å². The van der Waals surface area contributed by atoms with E-state index in [0.717, 1.165) is 4.57 Å². The minimum absolute atomic E-state index is 0.00484. The first-order chi connectivity index (χ1) is 17.8. The minimum Gasteiger partial charge on any atom is -0.444 e. The molecule has 0 aliphatic carbocycles. The van der Waals surface area contributed by atoms with Gasteiger partial charge in [0.05, 0.1) is 17.9 Å². The lowest BCUT2D eigenvalue weighted by molar-refractivity contribution is -0.117. The molecule has 0 spiro atoms. The van der Waals surface area contributed by atoms with Gasteiger partial charge in [-0.05, 0) is 63.7 Å². The van der Waals surface area contributed by atoms with Crippen molar-refractivity contribution >= 4 is 40.1 Å². The number of sulfonamides is 1. The highest BCUT2D eigenvalue weighted by Gasteiger charge is 2.22. The van der Waals surface area contributed by atoms with E-state index in [1.54, 1.807) is 58.0 Å². The first-order valence-corrected chi connectivity index (χ1v) is 13.2. The van der Waals surface area contributed by atoms with Crippen LogP contribution >= 0.6 is 0 Å². The maximum absolute atomic E-state index is 13.4. The van der Waals surface area contributed by atoms with Crippen molar-refractivity contribution in [3.8, 4) is 5.82 Å². The molecule has 1 aromatic carbocycles. The van der Waals surface area contributed by atoms with Crippen molar-refractivity contribution in [1.82, 2.24) is 9.55 Å². The van der Waals surface area contributed by atoms with E-state index in [9.17, 15) is 22.8 Å². The van der Waals surface area contributed by atoms with Gasteiger partial charge in [0.1, 0.15) is 11.3 Å². The molecule has 0 radical (unpaired) electrons. The molecular weight excluding hydrogens is 510 g/mol. The quantitative estimate of drug-likeness (QED) is 0.415. The molecule has 3 aromatic rings. The van der Waals surface area contributed by atoms with Gasteiger partial charge < -0.3 is 4.74 Å². The fourth-order valence-electron chi connectivity index (χ4n) is 3.46. The Labute approximate surface area is 220 Å². The van der Waals surface area contributed by atoms with Crippen molar-refractivity contribution in [2.24, 2.45) is 4.99 Å². The maximum atomic E-state index is 13.4. The number of aryl methyl sites for hydroxylation is 1. The van der Waals surface area contributed by atoms with Gasteiger partial charge in [-0.2, -0.15) is 0 Å². The molecule has 0 bridgehead atoms. The van der Waals surface area contributed by atoms with E-state index in [-0.39, 0.29) is 29.4 Å². The summed E-state index contributed by atoms with van der Waals surface area (Å²) in [4.78, 5) is 45.6. The maximum Gasteiger partial charge on any atom is 0.412 e. The van der Waals surface area contributed by atoms with Crippen LogP contribution in [0.3, 0.4) is 0 Å². The zero-order chi connectivity index (χ0) is 28.1. The van der Waals surface area contributed by atoms with Crippen LogP contribution < -0.4 is 15.6 Å². The Balaban J connectivity index is 2.05. The molecular formula is C26H29N5O6S. The van der Waals surface area contributed by atoms with E-state index in [1.165, 1.54) is 24.4 Å². The van der Waals surface area contributed by atoms with Gasteiger partial charge in [0.25, 0.3) is 5.56 Å². The van der Waals surface area contributed by atoms with Crippen LogP contribution in [0.5, 0.6) is 0 Å². The summed E-state index contributed by atoms with van der Waals surface area (Å²) in [6.07, 6.45) is 0.450. The molecule has 2 amide bonds. The Morgan fingerprint density at radius 3 is 2.42 bits per heavy atom. The molecule has 3 rings (SSSR count). The SMILES string of the molecule is C=NC(=O)Cc1cc(NC(=O)OC(C)(C)C)c(-n2cccc(NS(=O)(=O)Cc3ccccc3)c2=O)nc1C. The molecule has 12 heteroatoms. The third kappa shape index (κ3) is 7.59. The number of pyridine rings is 2. The van der Waals surface area contributed by atoms with Crippen LogP contribution in [0.4, 0.5) is 16.2 Å². The van der Waals surface area contributed by atoms with Crippen LogP contribution in [0.25, 0.3) is 5.82 Å². The number of ether oxygens (including phenoxy) is 1. The topological polar surface area (TPSA) is 149 Å². The number of hydrogen-bond donors (Lipinski definition) is 2. The van der Waals surface area contributed by atoms with Crippen LogP contribution in [0.15, 0.2) is 64.5 Å². The van der Waals surface area contributed by atoms with Gasteiger partial charge in [-0.25, -0.2) is 23.2 Å². The number of nitrogens with one attached hydrogen (secondary N) is 2. The molecule has 0 aliphatic rings. The number of carbonyl (C=O) groups excluding carboxylic acids is 2. The van der Waals surface area contributed by atoms with Crippen molar-refractivity contribution < 1.29 is 22.7 Å². The van der Waals surface area contributed by atoms with Crippen molar-refractivity contribution in [1.29, 1.82) is 0 Å². The Bertz CT molecular complexity index is 1530. The van der Waals surface area contributed by atoms with E-state index in [1.807, 2.05) is 0 Å². The molecule has 200 valence electrons. The number of aliphatic imine (C=N–C) groups is 1. The highest BCUT2D eigenvalue weighted by atomic mass is 32.2. The Morgan fingerprint density at radius 1 is 1.11 bits per heavy atom. The Hall–Kier alpha value is -4.32. The van der Waals surface area contributed by atoms with Gasteiger partial charge in [-0.15, -0.1) is 0 Å². The van der Waals surface area contributed by atoms with Gasteiger partial charge in [-0.3, -0.25) is 24.2 Å². The highest BCUT2D eigenvalue weighted by Crippen LogP contribution is 2.23. The largest absolute Gasteiger partial charge is 0.444 e. The number of hydrogen-bond acceptors (Lipinski definition) is 7. The molecule has 38 heavy (non-hydrogen) atoms. The molecule has 0 unspecified atom stereocenters. The monoisotopic (exact) mass is 539 g/mol. The zero-order valence-electron chi connectivity index (χ0n) is 21.5. The summed E-state index contributed by atoms with van der Waals surface area (Å²) >= 11 is 0. The lowest BCUT2D eigenvalue weighted by Crippen LogP contribution is -2.29. The number of benzene rings is 1. The second-order valence-corrected chi connectivity index (χ2v) is 11.1. The normalized spacial score (nSPS) is 11.5. The molecule has 2 heterocycles. The highest BCUT2D eigenvalue weighted by molar-refractivity contribution is 7.91. The van der Waals surface area contributed by atoms with E-state index in [2.05, 4.69) is 26.7 Å². The summed E-state index contributed by atoms with van der Waals surface area (Å²) in [6, 6.07) is 12.8. The summed E-state index contributed by atoms with van der Waals surface area (Å²) < 4.78 is 34.3. The summed E-state index contributed by atoms with van der Waals surface area (Å²) in [5, 5.41) is 2.57. The molecule has 2 aromatic heterocycles.